The Kier molecular flexibility index (Phi) is 5.93. The van der Waals surface area contributed by atoms with Gasteiger partial charge in [0.2, 0.25) is 0 Å². The molecule has 140 valence electrons. The van der Waals surface area contributed by atoms with Gasteiger partial charge in [-0.1, -0.05) is 0 Å². The third-order valence-corrected chi connectivity index (χ3v) is 4.45. The van der Waals surface area contributed by atoms with Gasteiger partial charge in [0, 0.05) is 19.0 Å². The van der Waals surface area contributed by atoms with Crippen LogP contribution in [-0.4, -0.2) is 49.5 Å². The number of carbonyl (C=O) groups is 1. The fourth-order valence-electron chi connectivity index (χ4n) is 3.18. The Labute approximate surface area is 153 Å². The van der Waals surface area contributed by atoms with E-state index >= 15 is 0 Å². The zero-order valence-corrected chi connectivity index (χ0v) is 15.3. The first-order valence-electron chi connectivity index (χ1n) is 8.92. The molecule has 2 heterocycles. The second-order valence-electron chi connectivity index (χ2n) is 7.03. The van der Waals surface area contributed by atoms with Crippen LogP contribution in [0.1, 0.15) is 29.2 Å². The van der Waals surface area contributed by atoms with E-state index in [1.54, 1.807) is 18.2 Å². The third-order valence-electron chi connectivity index (χ3n) is 4.45. The smallest absolute Gasteiger partial charge is 0.289 e. The van der Waals surface area contributed by atoms with Crippen LogP contribution in [0.4, 0.5) is 4.39 Å². The summed E-state index contributed by atoms with van der Waals surface area (Å²) in [6.45, 7) is 2.56. The Morgan fingerprint density at radius 3 is 2.77 bits per heavy atom. The molecule has 0 saturated carbocycles. The molecular formula is C20H25FN2O3. The van der Waals surface area contributed by atoms with Gasteiger partial charge in [0.25, 0.3) is 5.91 Å². The molecule has 6 heteroatoms. The number of amides is 1. The molecule has 1 aliphatic rings. The first-order valence-corrected chi connectivity index (χ1v) is 8.92. The van der Waals surface area contributed by atoms with Crippen LogP contribution in [0, 0.1) is 11.7 Å². The van der Waals surface area contributed by atoms with Crippen LogP contribution in [0.25, 0.3) is 0 Å². The van der Waals surface area contributed by atoms with Gasteiger partial charge >= 0.3 is 0 Å². The molecule has 0 unspecified atom stereocenters. The summed E-state index contributed by atoms with van der Waals surface area (Å²) in [6, 6.07) is 9.61. The van der Waals surface area contributed by atoms with E-state index in [0.29, 0.717) is 31.2 Å². The number of furan rings is 1. The van der Waals surface area contributed by atoms with Gasteiger partial charge in [-0.3, -0.25) is 4.79 Å². The Balaban J connectivity index is 1.54. The van der Waals surface area contributed by atoms with E-state index in [9.17, 15) is 9.18 Å². The average Bonchev–Trinajstić information content (AvgIpc) is 3.08. The molecule has 5 nitrogen and oxygen atoms in total. The van der Waals surface area contributed by atoms with Crippen LogP contribution >= 0.6 is 0 Å². The van der Waals surface area contributed by atoms with Crippen molar-refractivity contribution in [2.75, 3.05) is 33.8 Å². The number of rotatable bonds is 6. The summed E-state index contributed by atoms with van der Waals surface area (Å²) in [5.41, 5.74) is 0. The van der Waals surface area contributed by atoms with Crippen molar-refractivity contribution in [1.29, 1.82) is 0 Å². The molecule has 1 aromatic carbocycles. The lowest BCUT2D eigenvalue weighted by Gasteiger charge is -2.32. The standard InChI is InChI=1S/C20H25FN2O3/c1-22(2)13-18-9-10-19(26-18)20(24)23-11-3-4-15(12-23)14-25-17-7-5-16(21)6-8-17/h5-10,15H,3-4,11-14H2,1-2H3/t15-/m0/s1. The van der Waals surface area contributed by atoms with Crippen molar-refractivity contribution in [3.63, 3.8) is 0 Å². The quantitative estimate of drug-likeness (QED) is 0.792. The second-order valence-corrected chi connectivity index (χ2v) is 7.03. The Morgan fingerprint density at radius 2 is 2.04 bits per heavy atom. The van der Waals surface area contributed by atoms with Crippen LogP contribution in [0.15, 0.2) is 40.8 Å². The minimum atomic E-state index is -0.279. The maximum absolute atomic E-state index is 12.9. The fraction of sp³-hybridized carbons (Fsp3) is 0.450. The molecule has 1 saturated heterocycles. The van der Waals surface area contributed by atoms with E-state index in [4.69, 9.17) is 9.15 Å². The van der Waals surface area contributed by atoms with Crippen molar-refractivity contribution in [2.45, 2.75) is 19.4 Å². The van der Waals surface area contributed by atoms with Gasteiger partial charge < -0.3 is 19.0 Å². The lowest BCUT2D eigenvalue weighted by Crippen LogP contribution is -2.41. The summed E-state index contributed by atoms with van der Waals surface area (Å²) < 4.78 is 24.4. The number of benzene rings is 1. The minimum Gasteiger partial charge on any atom is -0.493 e. The van der Waals surface area contributed by atoms with Gasteiger partial charge in [0.05, 0.1) is 13.2 Å². The highest BCUT2D eigenvalue weighted by atomic mass is 19.1. The predicted octanol–water partition coefficient (Wildman–Crippen LogP) is 3.41. The number of piperidine rings is 1. The van der Waals surface area contributed by atoms with Gasteiger partial charge in [-0.25, -0.2) is 4.39 Å². The van der Waals surface area contributed by atoms with Gasteiger partial charge in [0.1, 0.15) is 17.3 Å². The number of hydrogen-bond acceptors (Lipinski definition) is 4. The number of halogens is 1. The van der Waals surface area contributed by atoms with Crippen LogP contribution in [-0.2, 0) is 6.54 Å². The molecule has 3 rings (SSSR count). The lowest BCUT2D eigenvalue weighted by molar-refractivity contribution is 0.0599. The molecule has 2 aromatic rings. The summed E-state index contributed by atoms with van der Waals surface area (Å²) in [7, 11) is 3.92. The topological polar surface area (TPSA) is 45.9 Å². The van der Waals surface area contributed by atoms with E-state index in [1.807, 2.05) is 30.0 Å². The highest BCUT2D eigenvalue weighted by Crippen LogP contribution is 2.21. The first-order chi connectivity index (χ1) is 12.5. The SMILES string of the molecule is CN(C)Cc1ccc(C(=O)N2CCC[C@H](COc3ccc(F)cc3)C2)o1. The molecule has 0 aliphatic carbocycles. The summed E-state index contributed by atoms with van der Waals surface area (Å²) in [6.07, 6.45) is 1.95. The molecule has 1 fully saturated rings. The monoisotopic (exact) mass is 360 g/mol. The van der Waals surface area contributed by atoms with Crippen molar-refractivity contribution >= 4 is 5.91 Å². The molecule has 0 radical (unpaired) electrons. The maximum atomic E-state index is 12.9. The largest absolute Gasteiger partial charge is 0.493 e. The third kappa shape index (κ3) is 4.85. The molecule has 1 aromatic heterocycles. The van der Waals surface area contributed by atoms with E-state index in [1.165, 1.54) is 12.1 Å². The first kappa shape index (κ1) is 18.5. The molecule has 1 aliphatic heterocycles. The highest BCUT2D eigenvalue weighted by Gasteiger charge is 2.26. The van der Waals surface area contributed by atoms with Crippen molar-refractivity contribution in [2.24, 2.45) is 5.92 Å². The predicted molar refractivity (Wildman–Crippen MR) is 96.6 cm³/mol. The normalized spacial score (nSPS) is 17.5. The minimum absolute atomic E-state index is 0.0681. The summed E-state index contributed by atoms with van der Waals surface area (Å²) >= 11 is 0. The molecule has 26 heavy (non-hydrogen) atoms. The van der Waals surface area contributed by atoms with Gasteiger partial charge in [0.15, 0.2) is 5.76 Å². The lowest BCUT2D eigenvalue weighted by atomic mass is 9.99. The van der Waals surface area contributed by atoms with E-state index in [0.717, 1.165) is 25.1 Å². The van der Waals surface area contributed by atoms with Crippen molar-refractivity contribution in [3.8, 4) is 5.75 Å². The van der Waals surface area contributed by atoms with Crippen molar-refractivity contribution in [3.05, 3.63) is 53.7 Å². The molecule has 0 spiro atoms. The molecule has 1 atom stereocenters. The Hall–Kier alpha value is -2.34. The van der Waals surface area contributed by atoms with Gasteiger partial charge in [-0.2, -0.15) is 0 Å². The second kappa shape index (κ2) is 8.36. The van der Waals surface area contributed by atoms with E-state index < -0.39 is 0 Å². The highest BCUT2D eigenvalue weighted by molar-refractivity contribution is 5.91. The number of carbonyl (C=O) groups excluding carboxylic acids is 1. The summed E-state index contributed by atoms with van der Waals surface area (Å²) in [5.74, 6) is 1.73. The number of ether oxygens (including phenoxy) is 1. The van der Waals surface area contributed by atoms with Crippen molar-refractivity contribution in [1.82, 2.24) is 9.80 Å². The molecular weight excluding hydrogens is 335 g/mol. The zero-order valence-electron chi connectivity index (χ0n) is 15.3. The number of hydrogen-bond donors (Lipinski definition) is 0. The average molecular weight is 360 g/mol. The fourth-order valence-corrected chi connectivity index (χ4v) is 3.18. The van der Waals surface area contributed by atoms with Crippen LogP contribution in [0.5, 0.6) is 5.75 Å². The maximum Gasteiger partial charge on any atom is 0.289 e. The molecule has 1 amide bonds. The van der Waals surface area contributed by atoms with Gasteiger partial charge in [-0.15, -0.1) is 0 Å². The van der Waals surface area contributed by atoms with Crippen LogP contribution in [0.2, 0.25) is 0 Å². The molecule has 0 bridgehead atoms. The molecule has 0 N–H and O–H groups in total. The van der Waals surface area contributed by atoms with Crippen LogP contribution < -0.4 is 4.74 Å². The van der Waals surface area contributed by atoms with E-state index in [2.05, 4.69) is 0 Å². The Bertz CT molecular complexity index is 727. The zero-order chi connectivity index (χ0) is 18.5. The van der Waals surface area contributed by atoms with Gasteiger partial charge in [-0.05, 0) is 63.3 Å². The van der Waals surface area contributed by atoms with Crippen LogP contribution in [0.3, 0.4) is 0 Å². The summed E-state index contributed by atoms with van der Waals surface area (Å²) in [4.78, 5) is 16.5. The Morgan fingerprint density at radius 1 is 1.27 bits per heavy atom. The van der Waals surface area contributed by atoms with E-state index in [-0.39, 0.29) is 17.6 Å². The summed E-state index contributed by atoms with van der Waals surface area (Å²) in [5, 5.41) is 0. The number of nitrogens with zero attached hydrogens (tertiary/aromatic N) is 2. The van der Waals surface area contributed by atoms with Crippen molar-refractivity contribution < 1.29 is 18.3 Å². The number of likely N-dealkylation sites (tertiary alicyclic amines) is 1.